The van der Waals surface area contributed by atoms with E-state index in [1.165, 1.54) is 0 Å². The largest absolute Gasteiger partial charge is 0.396 e. The van der Waals surface area contributed by atoms with Crippen LogP contribution in [-0.4, -0.2) is 29.4 Å². The first kappa shape index (κ1) is 11.5. The topological polar surface area (TPSA) is 40.5 Å². The fourth-order valence-electron chi connectivity index (χ4n) is 1.95. The average molecular weight is 237 g/mol. The zero-order valence-corrected chi connectivity index (χ0v) is 9.86. The van der Waals surface area contributed by atoms with Gasteiger partial charge in [0, 0.05) is 30.5 Å². The Balaban J connectivity index is 2.20. The number of hydrogen-bond donors (Lipinski definition) is 2. The Bertz CT molecular complexity index is 394. The Labute approximate surface area is 100 Å². The lowest BCUT2D eigenvalue weighted by atomic mass is 10.1. The van der Waals surface area contributed by atoms with Gasteiger partial charge in [-0.2, -0.15) is 12.6 Å². The lowest BCUT2D eigenvalue weighted by Crippen LogP contribution is -2.24. The van der Waals surface area contributed by atoms with E-state index in [0.717, 1.165) is 11.3 Å². The first-order chi connectivity index (χ1) is 7.70. The van der Waals surface area contributed by atoms with Crippen LogP contribution < -0.4 is 4.90 Å². The Hall–Kier alpha value is -1.00. The number of benzene rings is 1. The van der Waals surface area contributed by atoms with E-state index in [9.17, 15) is 4.79 Å². The van der Waals surface area contributed by atoms with Crippen molar-refractivity contribution in [2.24, 2.45) is 0 Å². The van der Waals surface area contributed by atoms with E-state index in [-0.39, 0.29) is 17.8 Å². The van der Waals surface area contributed by atoms with Crippen molar-refractivity contribution in [3.63, 3.8) is 0 Å². The molecule has 4 heteroatoms. The van der Waals surface area contributed by atoms with Crippen LogP contribution in [-0.2, 0) is 11.2 Å². The molecule has 0 aliphatic carbocycles. The van der Waals surface area contributed by atoms with Gasteiger partial charge in [-0.05, 0) is 24.1 Å². The van der Waals surface area contributed by atoms with Gasteiger partial charge in [-0.15, -0.1) is 0 Å². The monoisotopic (exact) mass is 237 g/mol. The molecule has 1 aliphatic rings. The Morgan fingerprint density at radius 3 is 2.94 bits per heavy atom. The summed E-state index contributed by atoms with van der Waals surface area (Å²) in [4.78, 5) is 13.4. The molecule has 1 unspecified atom stereocenters. The van der Waals surface area contributed by atoms with Gasteiger partial charge < -0.3 is 10.0 Å². The van der Waals surface area contributed by atoms with E-state index >= 15 is 0 Å². The van der Waals surface area contributed by atoms with Crippen LogP contribution in [0.15, 0.2) is 24.3 Å². The quantitative estimate of drug-likeness (QED) is 0.777. The molecule has 1 fully saturated rings. The van der Waals surface area contributed by atoms with Crippen LogP contribution in [0, 0.1) is 0 Å². The number of carbonyl (C=O) groups excluding carboxylic acids is 1. The van der Waals surface area contributed by atoms with Gasteiger partial charge in [0.15, 0.2) is 0 Å². The third-order valence-corrected chi connectivity index (χ3v) is 3.07. The average Bonchev–Trinajstić information content (AvgIpc) is 2.59. The molecular formula is C12H15NO2S. The third kappa shape index (κ3) is 2.39. The third-order valence-electron chi connectivity index (χ3n) is 2.73. The van der Waals surface area contributed by atoms with Gasteiger partial charge in [0.25, 0.3) is 0 Å². The van der Waals surface area contributed by atoms with Crippen molar-refractivity contribution in [2.75, 3.05) is 18.1 Å². The highest BCUT2D eigenvalue weighted by Crippen LogP contribution is 2.24. The highest BCUT2D eigenvalue weighted by Gasteiger charge is 2.28. The van der Waals surface area contributed by atoms with Crippen molar-refractivity contribution < 1.29 is 9.90 Å². The summed E-state index contributed by atoms with van der Waals surface area (Å²) in [5.74, 6) is 0.126. The molecule has 1 heterocycles. The van der Waals surface area contributed by atoms with Crippen molar-refractivity contribution >= 4 is 24.2 Å². The van der Waals surface area contributed by atoms with Crippen molar-refractivity contribution in [3.05, 3.63) is 29.8 Å². The van der Waals surface area contributed by atoms with Gasteiger partial charge in [-0.1, -0.05) is 12.1 Å². The van der Waals surface area contributed by atoms with Crippen LogP contribution in [0.5, 0.6) is 0 Å². The summed E-state index contributed by atoms with van der Waals surface area (Å²) in [7, 11) is 0. The van der Waals surface area contributed by atoms with Gasteiger partial charge in [0.1, 0.15) is 0 Å². The molecule has 0 aromatic heterocycles. The molecule has 16 heavy (non-hydrogen) atoms. The van der Waals surface area contributed by atoms with Crippen LogP contribution in [0.2, 0.25) is 0 Å². The second-order valence-corrected chi connectivity index (χ2v) is 4.74. The maximum absolute atomic E-state index is 11.7. The summed E-state index contributed by atoms with van der Waals surface area (Å²) in [5.41, 5.74) is 1.96. The predicted molar refractivity (Wildman–Crippen MR) is 67.0 cm³/mol. The zero-order valence-electron chi connectivity index (χ0n) is 8.97. The number of aliphatic hydroxyl groups excluding tert-OH is 1. The van der Waals surface area contributed by atoms with E-state index in [2.05, 4.69) is 12.6 Å². The molecule has 1 N–H and O–H groups in total. The molecule has 0 bridgehead atoms. The van der Waals surface area contributed by atoms with Crippen LogP contribution >= 0.6 is 12.6 Å². The second-order valence-electron chi connectivity index (χ2n) is 4.01. The van der Waals surface area contributed by atoms with Gasteiger partial charge in [-0.25, -0.2) is 0 Å². The van der Waals surface area contributed by atoms with Crippen molar-refractivity contribution in [1.82, 2.24) is 0 Å². The van der Waals surface area contributed by atoms with E-state index in [1.54, 1.807) is 4.90 Å². The molecule has 1 amide bonds. The number of rotatable bonds is 3. The normalized spacial score (nSPS) is 20.5. The SMILES string of the molecule is O=C1CC(S)CN1c1cccc(CCO)c1. The summed E-state index contributed by atoms with van der Waals surface area (Å²) in [6.45, 7) is 0.803. The summed E-state index contributed by atoms with van der Waals surface area (Å²) in [6.07, 6.45) is 1.13. The molecule has 86 valence electrons. The van der Waals surface area contributed by atoms with Crippen LogP contribution in [0.3, 0.4) is 0 Å². The van der Waals surface area contributed by atoms with Crippen LogP contribution in [0.1, 0.15) is 12.0 Å². The first-order valence-corrected chi connectivity index (χ1v) is 5.90. The van der Waals surface area contributed by atoms with Gasteiger partial charge in [0.05, 0.1) is 0 Å². The van der Waals surface area contributed by atoms with E-state index < -0.39 is 0 Å². The predicted octanol–water partition coefficient (Wildman–Crippen LogP) is 1.26. The minimum Gasteiger partial charge on any atom is -0.396 e. The molecule has 3 nitrogen and oxygen atoms in total. The van der Waals surface area contributed by atoms with Crippen LogP contribution in [0.4, 0.5) is 5.69 Å². The Morgan fingerprint density at radius 1 is 1.50 bits per heavy atom. The molecule has 2 rings (SSSR count). The number of aliphatic hydroxyl groups is 1. The van der Waals surface area contributed by atoms with E-state index in [0.29, 0.717) is 19.4 Å². The molecule has 0 saturated carbocycles. The smallest absolute Gasteiger partial charge is 0.228 e. The molecule has 1 saturated heterocycles. The highest BCUT2D eigenvalue weighted by molar-refractivity contribution is 7.81. The minimum atomic E-state index is 0.126. The van der Waals surface area contributed by atoms with Gasteiger partial charge in [0.2, 0.25) is 5.91 Å². The van der Waals surface area contributed by atoms with Gasteiger partial charge >= 0.3 is 0 Å². The first-order valence-electron chi connectivity index (χ1n) is 5.39. The molecule has 1 aromatic carbocycles. The number of carbonyl (C=O) groups is 1. The molecule has 0 radical (unpaired) electrons. The fraction of sp³-hybridized carbons (Fsp3) is 0.417. The molecular weight excluding hydrogens is 222 g/mol. The van der Waals surface area contributed by atoms with Crippen molar-refractivity contribution in [2.45, 2.75) is 18.1 Å². The molecule has 1 atom stereocenters. The minimum absolute atomic E-state index is 0.126. The summed E-state index contributed by atoms with van der Waals surface area (Å²) in [6, 6.07) is 7.75. The summed E-state index contributed by atoms with van der Waals surface area (Å²) < 4.78 is 0. The molecule has 1 aliphatic heterocycles. The summed E-state index contributed by atoms with van der Waals surface area (Å²) >= 11 is 4.33. The maximum atomic E-state index is 11.7. The van der Waals surface area contributed by atoms with Crippen LogP contribution in [0.25, 0.3) is 0 Å². The fourth-order valence-corrected chi connectivity index (χ4v) is 2.27. The summed E-state index contributed by atoms with van der Waals surface area (Å²) in [5, 5.41) is 9.01. The van der Waals surface area contributed by atoms with E-state index in [1.807, 2.05) is 24.3 Å². The number of anilines is 1. The van der Waals surface area contributed by atoms with E-state index in [4.69, 9.17) is 5.11 Å². The Morgan fingerprint density at radius 2 is 2.31 bits per heavy atom. The number of hydrogen-bond acceptors (Lipinski definition) is 3. The highest BCUT2D eigenvalue weighted by atomic mass is 32.1. The molecule has 0 spiro atoms. The number of thiol groups is 1. The molecule has 1 aromatic rings. The van der Waals surface area contributed by atoms with Crippen molar-refractivity contribution in [1.29, 1.82) is 0 Å². The van der Waals surface area contributed by atoms with Crippen molar-refractivity contribution in [3.8, 4) is 0 Å². The maximum Gasteiger partial charge on any atom is 0.228 e. The Kier molecular flexibility index (Phi) is 3.51. The van der Waals surface area contributed by atoms with Gasteiger partial charge in [-0.3, -0.25) is 4.79 Å². The number of nitrogens with zero attached hydrogens (tertiary/aromatic N) is 1. The lowest BCUT2D eigenvalue weighted by Gasteiger charge is -2.16. The zero-order chi connectivity index (χ0) is 11.5. The lowest BCUT2D eigenvalue weighted by molar-refractivity contribution is -0.117. The number of amides is 1. The second kappa shape index (κ2) is 4.89. The standard InChI is InChI=1S/C12H15NO2S/c14-5-4-9-2-1-3-10(6-9)13-8-11(16)7-12(13)15/h1-3,6,11,14,16H,4-5,7-8H2.